The predicted octanol–water partition coefficient (Wildman–Crippen LogP) is 10.3. The van der Waals surface area contributed by atoms with E-state index in [1.165, 1.54) is 47.8 Å². The molecular formula is C34H23NS. The Balaban J connectivity index is 1.44. The second kappa shape index (κ2) is 8.67. The molecule has 0 radical (unpaired) electrons. The molecule has 0 atom stereocenters. The zero-order valence-corrected chi connectivity index (χ0v) is 20.5. The molecule has 170 valence electrons. The first-order valence-corrected chi connectivity index (χ1v) is 13.0. The van der Waals surface area contributed by atoms with Crippen LogP contribution in [0.15, 0.2) is 140 Å². The molecule has 0 aliphatic heterocycles. The smallest absolute Gasteiger partial charge is 0.0540 e. The zero-order valence-electron chi connectivity index (χ0n) is 19.6. The summed E-state index contributed by atoms with van der Waals surface area (Å²) in [5, 5.41) is 5.10. The highest BCUT2D eigenvalue weighted by Crippen LogP contribution is 2.42. The van der Waals surface area contributed by atoms with Crippen LogP contribution in [0.1, 0.15) is 0 Å². The molecule has 1 nitrogen and oxygen atoms in total. The number of nitrogens with zero attached hydrogens (tertiary/aromatic N) is 1. The molecule has 36 heavy (non-hydrogen) atoms. The average molecular weight is 478 g/mol. The maximum absolute atomic E-state index is 2.39. The minimum atomic E-state index is 1.14. The largest absolute Gasteiger partial charge is 0.310 e. The highest BCUT2D eigenvalue weighted by atomic mass is 32.1. The molecule has 0 amide bonds. The Morgan fingerprint density at radius 3 is 1.92 bits per heavy atom. The molecule has 7 rings (SSSR count). The molecule has 6 aromatic carbocycles. The number of rotatable bonds is 4. The van der Waals surface area contributed by atoms with Crippen LogP contribution in [-0.4, -0.2) is 0 Å². The normalized spacial score (nSPS) is 11.3. The summed E-state index contributed by atoms with van der Waals surface area (Å²) in [5.74, 6) is 0. The monoisotopic (exact) mass is 477 g/mol. The van der Waals surface area contributed by atoms with Crippen molar-refractivity contribution in [2.45, 2.75) is 0 Å². The van der Waals surface area contributed by atoms with E-state index >= 15 is 0 Å². The molecule has 1 aromatic heterocycles. The van der Waals surface area contributed by atoms with Crippen molar-refractivity contribution in [1.82, 2.24) is 0 Å². The van der Waals surface area contributed by atoms with Gasteiger partial charge in [-0.3, -0.25) is 0 Å². The van der Waals surface area contributed by atoms with E-state index in [2.05, 4.69) is 144 Å². The number of hydrogen-bond acceptors (Lipinski definition) is 2. The van der Waals surface area contributed by atoms with Crippen LogP contribution >= 0.6 is 11.3 Å². The van der Waals surface area contributed by atoms with E-state index in [9.17, 15) is 0 Å². The van der Waals surface area contributed by atoms with Gasteiger partial charge in [0.1, 0.15) is 0 Å². The van der Waals surface area contributed by atoms with E-state index in [4.69, 9.17) is 0 Å². The lowest BCUT2D eigenvalue weighted by molar-refractivity contribution is 1.30. The Morgan fingerprint density at radius 2 is 1.06 bits per heavy atom. The molecule has 1 heterocycles. The number of thiophene rings is 1. The molecule has 0 aliphatic rings. The van der Waals surface area contributed by atoms with E-state index in [0.29, 0.717) is 0 Å². The van der Waals surface area contributed by atoms with Crippen molar-refractivity contribution in [3.63, 3.8) is 0 Å². The van der Waals surface area contributed by atoms with Gasteiger partial charge in [0.05, 0.1) is 5.69 Å². The van der Waals surface area contributed by atoms with Gasteiger partial charge < -0.3 is 4.90 Å². The Kier molecular flexibility index (Phi) is 5.04. The maximum Gasteiger partial charge on any atom is 0.0540 e. The maximum atomic E-state index is 2.39. The lowest BCUT2D eigenvalue weighted by Gasteiger charge is -2.27. The summed E-state index contributed by atoms with van der Waals surface area (Å²) in [6, 6.07) is 50.2. The molecule has 0 saturated heterocycles. The van der Waals surface area contributed by atoms with Crippen LogP contribution in [0.5, 0.6) is 0 Å². The first kappa shape index (κ1) is 20.9. The summed E-state index contributed by atoms with van der Waals surface area (Å²) in [6.45, 7) is 0. The van der Waals surface area contributed by atoms with Gasteiger partial charge in [-0.25, -0.2) is 0 Å². The van der Waals surface area contributed by atoms with E-state index in [1.807, 2.05) is 11.3 Å². The van der Waals surface area contributed by atoms with Gasteiger partial charge in [0, 0.05) is 36.9 Å². The third kappa shape index (κ3) is 3.55. The summed E-state index contributed by atoms with van der Waals surface area (Å²) in [5.41, 5.74) is 5.93. The lowest BCUT2D eigenvalue weighted by atomic mass is 10.0. The Hall–Kier alpha value is -4.40. The minimum Gasteiger partial charge on any atom is -0.310 e. The fourth-order valence-electron chi connectivity index (χ4n) is 5.12. The van der Waals surface area contributed by atoms with Crippen molar-refractivity contribution in [3.8, 4) is 11.1 Å². The van der Waals surface area contributed by atoms with Crippen LogP contribution in [-0.2, 0) is 0 Å². The second-order valence-electron chi connectivity index (χ2n) is 9.03. The minimum absolute atomic E-state index is 1.14. The molecule has 0 saturated carbocycles. The zero-order chi connectivity index (χ0) is 23.9. The van der Waals surface area contributed by atoms with E-state index in [0.717, 1.165) is 11.4 Å². The second-order valence-corrected chi connectivity index (χ2v) is 10.1. The van der Waals surface area contributed by atoms with Crippen LogP contribution in [0, 0.1) is 0 Å². The molecule has 7 aromatic rings. The molecule has 0 unspecified atom stereocenters. The highest BCUT2D eigenvalue weighted by molar-refractivity contribution is 7.25. The Labute approximate surface area is 214 Å². The van der Waals surface area contributed by atoms with Crippen LogP contribution in [0.3, 0.4) is 0 Å². The Bertz CT molecular complexity index is 1830. The van der Waals surface area contributed by atoms with Crippen molar-refractivity contribution in [2.24, 2.45) is 0 Å². The first-order valence-electron chi connectivity index (χ1n) is 12.2. The van der Waals surface area contributed by atoms with Crippen LogP contribution in [0.25, 0.3) is 42.1 Å². The van der Waals surface area contributed by atoms with Crippen molar-refractivity contribution >= 4 is 59.3 Å². The van der Waals surface area contributed by atoms with Crippen molar-refractivity contribution in [2.75, 3.05) is 4.90 Å². The topological polar surface area (TPSA) is 3.24 Å². The van der Waals surface area contributed by atoms with Gasteiger partial charge in [0.15, 0.2) is 0 Å². The third-order valence-corrected chi connectivity index (χ3v) is 8.01. The van der Waals surface area contributed by atoms with Gasteiger partial charge in [-0.1, -0.05) is 97.1 Å². The fraction of sp³-hybridized carbons (Fsp3) is 0. The summed E-state index contributed by atoms with van der Waals surface area (Å²) in [7, 11) is 0. The fourth-order valence-corrected chi connectivity index (χ4v) is 6.20. The van der Waals surface area contributed by atoms with E-state index in [1.54, 1.807) is 0 Å². The van der Waals surface area contributed by atoms with Crippen molar-refractivity contribution < 1.29 is 0 Å². The molecular weight excluding hydrogens is 454 g/mol. The first-order chi connectivity index (χ1) is 17.8. The molecule has 0 aliphatic carbocycles. The van der Waals surface area contributed by atoms with E-state index in [-0.39, 0.29) is 0 Å². The number of fused-ring (bicyclic) bond motifs is 4. The van der Waals surface area contributed by atoms with Crippen LogP contribution < -0.4 is 4.90 Å². The number of hydrogen-bond donors (Lipinski definition) is 0. The summed E-state index contributed by atoms with van der Waals surface area (Å²) >= 11 is 1.86. The standard InChI is InChI=1S/C34H23NS/c1-2-9-24(10-3-1)25-17-19-27(20-18-25)35(32-15-8-12-26-11-4-5-13-29(26)32)28-21-22-34-31(23-28)30-14-6-7-16-33(30)36-34/h1-23H. The number of benzene rings is 6. The molecule has 0 bridgehead atoms. The molecule has 2 heteroatoms. The molecule has 0 fully saturated rings. The SMILES string of the molecule is c1ccc(-c2ccc(N(c3ccc4sc5ccccc5c4c3)c3cccc4ccccc34)cc2)cc1. The molecule has 0 N–H and O–H groups in total. The van der Waals surface area contributed by atoms with E-state index < -0.39 is 0 Å². The van der Waals surface area contributed by atoms with Crippen LogP contribution in [0.2, 0.25) is 0 Å². The Morgan fingerprint density at radius 1 is 0.417 bits per heavy atom. The van der Waals surface area contributed by atoms with Crippen molar-refractivity contribution in [1.29, 1.82) is 0 Å². The third-order valence-electron chi connectivity index (χ3n) is 6.86. The summed E-state index contributed by atoms with van der Waals surface area (Å²) in [6.07, 6.45) is 0. The average Bonchev–Trinajstić information content (AvgIpc) is 3.32. The van der Waals surface area contributed by atoms with Gasteiger partial charge >= 0.3 is 0 Å². The van der Waals surface area contributed by atoms with Crippen LogP contribution in [0.4, 0.5) is 17.1 Å². The van der Waals surface area contributed by atoms with Gasteiger partial charge in [-0.2, -0.15) is 0 Å². The lowest BCUT2D eigenvalue weighted by Crippen LogP contribution is -2.10. The van der Waals surface area contributed by atoms with Gasteiger partial charge in [-0.05, 0) is 59.0 Å². The van der Waals surface area contributed by atoms with Gasteiger partial charge in [0.2, 0.25) is 0 Å². The molecule has 0 spiro atoms. The quantitative estimate of drug-likeness (QED) is 0.244. The summed E-state index contributed by atoms with van der Waals surface area (Å²) in [4.78, 5) is 2.39. The van der Waals surface area contributed by atoms with Gasteiger partial charge in [0.25, 0.3) is 0 Å². The number of anilines is 3. The predicted molar refractivity (Wildman–Crippen MR) is 157 cm³/mol. The summed E-state index contributed by atoms with van der Waals surface area (Å²) < 4.78 is 2.64. The highest BCUT2D eigenvalue weighted by Gasteiger charge is 2.17. The van der Waals surface area contributed by atoms with Gasteiger partial charge in [-0.15, -0.1) is 11.3 Å². The van der Waals surface area contributed by atoms with Crippen molar-refractivity contribution in [3.05, 3.63) is 140 Å².